The summed E-state index contributed by atoms with van der Waals surface area (Å²) < 4.78 is 12.6. The predicted molar refractivity (Wildman–Crippen MR) is 67.8 cm³/mol. The van der Waals surface area contributed by atoms with Crippen LogP contribution in [0.2, 0.25) is 0 Å². The Kier molecular flexibility index (Phi) is 5.56. The van der Waals surface area contributed by atoms with Crippen LogP contribution in [-0.2, 0) is 9.59 Å². The molecule has 1 saturated heterocycles. The van der Waals surface area contributed by atoms with E-state index in [0.717, 1.165) is 12.8 Å². The number of halogens is 1. The molecule has 0 spiro atoms. The second-order valence-electron chi connectivity index (χ2n) is 4.90. The monoisotopic (exact) mass is 258 g/mol. The van der Waals surface area contributed by atoms with Gasteiger partial charge >= 0.3 is 0 Å². The molecule has 0 radical (unpaired) electrons. The topological polar surface area (TPSA) is 49.4 Å². The zero-order chi connectivity index (χ0) is 13.7. The van der Waals surface area contributed by atoms with E-state index in [-0.39, 0.29) is 24.3 Å². The standard InChI is InChI=1S/C13H23FN2O2/c1-4-6-10-12(17)15-11(9(3)5-2)13(18)16(10)8-7-14/h9-11H,4-8H2,1-3H3,(H,15,17). The van der Waals surface area contributed by atoms with E-state index in [4.69, 9.17) is 0 Å². The number of hydrogen-bond donors (Lipinski definition) is 1. The number of carbonyl (C=O) groups is 2. The van der Waals surface area contributed by atoms with Crippen LogP contribution in [0.3, 0.4) is 0 Å². The minimum Gasteiger partial charge on any atom is -0.342 e. The van der Waals surface area contributed by atoms with Crippen molar-refractivity contribution in [3.63, 3.8) is 0 Å². The third-order valence-electron chi connectivity index (χ3n) is 3.63. The Hall–Kier alpha value is -1.13. The van der Waals surface area contributed by atoms with Crippen LogP contribution >= 0.6 is 0 Å². The van der Waals surface area contributed by atoms with E-state index < -0.39 is 18.8 Å². The summed E-state index contributed by atoms with van der Waals surface area (Å²) in [5, 5.41) is 2.79. The maximum Gasteiger partial charge on any atom is 0.246 e. The second-order valence-corrected chi connectivity index (χ2v) is 4.90. The van der Waals surface area contributed by atoms with Crippen LogP contribution in [0.1, 0.15) is 40.0 Å². The molecule has 1 heterocycles. The molecule has 4 nitrogen and oxygen atoms in total. The summed E-state index contributed by atoms with van der Waals surface area (Å²) in [5.74, 6) is -0.207. The Bertz CT molecular complexity index is 309. The van der Waals surface area contributed by atoms with Gasteiger partial charge in [0.15, 0.2) is 0 Å². The molecule has 0 aromatic heterocycles. The second kappa shape index (κ2) is 6.71. The van der Waals surface area contributed by atoms with Gasteiger partial charge < -0.3 is 10.2 Å². The van der Waals surface area contributed by atoms with Crippen LogP contribution in [0.15, 0.2) is 0 Å². The fraction of sp³-hybridized carbons (Fsp3) is 0.846. The largest absolute Gasteiger partial charge is 0.342 e. The number of alkyl halides is 1. The first-order valence-electron chi connectivity index (χ1n) is 6.73. The highest BCUT2D eigenvalue weighted by Crippen LogP contribution is 2.20. The van der Waals surface area contributed by atoms with E-state index in [1.807, 2.05) is 20.8 Å². The number of amides is 2. The summed E-state index contributed by atoms with van der Waals surface area (Å²) in [7, 11) is 0. The van der Waals surface area contributed by atoms with Crippen LogP contribution in [0.4, 0.5) is 4.39 Å². The SMILES string of the molecule is CCCC1C(=O)NC(C(C)CC)C(=O)N1CCF. The Morgan fingerprint density at radius 3 is 2.56 bits per heavy atom. The summed E-state index contributed by atoms with van der Waals surface area (Å²) in [6.45, 7) is 5.26. The fourth-order valence-electron chi connectivity index (χ4n) is 2.32. The molecule has 3 unspecified atom stereocenters. The highest BCUT2D eigenvalue weighted by atomic mass is 19.1. The molecule has 104 valence electrons. The normalized spacial score (nSPS) is 26.1. The lowest BCUT2D eigenvalue weighted by Gasteiger charge is -2.40. The van der Waals surface area contributed by atoms with Gasteiger partial charge in [0.25, 0.3) is 0 Å². The third-order valence-corrected chi connectivity index (χ3v) is 3.63. The van der Waals surface area contributed by atoms with Gasteiger partial charge in [0, 0.05) is 6.54 Å². The number of piperazine rings is 1. The van der Waals surface area contributed by atoms with E-state index in [1.54, 1.807) is 0 Å². The first-order valence-corrected chi connectivity index (χ1v) is 6.73. The summed E-state index contributed by atoms with van der Waals surface area (Å²) >= 11 is 0. The van der Waals surface area contributed by atoms with Gasteiger partial charge in [-0.1, -0.05) is 33.6 Å². The van der Waals surface area contributed by atoms with Gasteiger partial charge in [-0.2, -0.15) is 0 Å². The lowest BCUT2D eigenvalue weighted by atomic mass is 9.93. The molecule has 1 aliphatic rings. The van der Waals surface area contributed by atoms with Gasteiger partial charge in [0.05, 0.1) is 0 Å². The molecule has 1 N–H and O–H groups in total. The highest BCUT2D eigenvalue weighted by molar-refractivity contribution is 5.97. The molecule has 1 rings (SSSR count). The van der Waals surface area contributed by atoms with Crippen molar-refractivity contribution in [1.29, 1.82) is 0 Å². The van der Waals surface area contributed by atoms with Gasteiger partial charge in [-0.15, -0.1) is 0 Å². The number of hydrogen-bond acceptors (Lipinski definition) is 2. The average Bonchev–Trinajstić information content (AvgIpc) is 2.36. The lowest BCUT2D eigenvalue weighted by Crippen LogP contribution is -2.65. The Morgan fingerprint density at radius 2 is 2.06 bits per heavy atom. The zero-order valence-corrected chi connectivity index (χ0v) is 11.4. The van der Waals surface area contributed by atoms with Crippen LogP contribution < -0.4 is 5.32 Å². The van der Waals surface area contributed by atoms with Crippen molar-refractivity contribution >= 4 is 11.8 Å². The maximum atomic E-state index is 12.6. The molecule has 5 heteroatoms. The molecule has 0 bridgehead atoms. The molecule has 0 aromatic carbocycles. The zero-order valence-electron chi connectivity index (χ0n) is 11.4. The molecule has 0 saturated carbocycles. The summed E-state index contributed by atoms with van der Waals surface area (Å²) in [4.78, 5) is 25.7. The Balaban J connectivity index is 2.89. The Labute approximate surface area is 108 Å². The summed E-state index contributed by atoms with van der Waals surface area (Å²) in [5.41, 5.74) is 0. The lowest BCUT2D eigenvalue weighted by molar-refractivity contribution is -0.151. The molecule has 2 amide bonds. The molecule has 18 heavy (non-hydrogen) atoms. The van der Waals surface area contributed by atoms with Crippen molar-refractivity contribution in [2.45, 2.75) is 52.1 Å². The van der Waals surface area contributed by atoms with E-state index in [2.05, 4.69) is 5.32 Å². The van der Waals surface area contributed by atoms with Gasteiger partial charge in [-0.05, 0) is 12.3 Å². The van der Waals surface area contributed by atoms with Crippen molar-refractivity contribution in [1.82, 2.24) is 10.2 Å². The summed E-state index contributed by atoms with van der Waals surface area (Å²) in [6, 6.07) is -0.999. The van der Waals surface area contributed by atoms with Crippen molar-refractivity contribution in [3.05, 3.63) is 0 Å². The third kappa shape index (κ3) is 3.00. The highest BCUT2D eigenvalue weighted by Gasteiger charge is 2.41. The molecule has 1 aliphatic heterocycles. The average molecular weight is 258 g/mol. The van der Waals surface area contributed by atoms with Crippen LogP contribution in [0.5, 0.6) is 0 Å². The van der Waals surface area contributed by atoms with Crippen molar-refractivity contribution in [3.8, 4) is 0 Å². The van der Waals surface area contributed by atoms with Gasteiger partial charge in [0.1, 0.15) is 18.8 Å². The number of rotatable bonds is 6. The predicted octanol–water partition coefficient (Wildman–Crippen LogP) is 1.50. The van der Waals surface area contributed by atoms with E-state index >= 15 is 0 Å². The fourth-order valence-corrected chi connectivity index (χ4v) is 2.32. The maximum absolute atomic E-state index is 12.6. The van der Waals surface area contributed by atoms with Crippen LogP contribution in [-0.4, -0.2) is 42.0 Å². The first-order chi connectivity index (χ1) is 8.56. The van der Waals surface area contributed by atoms with Crippen molar-refractivity contribution in [2.24, 2.45) is 5.92 Å². The number of carbonyl (C=O) groups excluding carboxylic acids is 2. The van der Waals surface area contributed by atoms with Gasteiger partial charge in [-0.25, -0.2) is 4.39 Å². The molecule has 0 aliphatic carbocycles. The molecule has 1 fully saturated rings. The van der Waals surface area contributed by atoms with Crippen LogP contribution in [0, 0.1) is 5.92 Å². The minimum absolute atomic E-state index is 0.0177. The van der Waals surface area contributed by atoms with Gasteiger partial charge in [0.2, 0.25) is 11.8 Å². The molecule has 3 atom stereocenters. The Morgan fingerprint density at radius 1 is 1.39 bits per heavy atom. The smallest absolute Gasteiger partial charge is 0.246 e. The summed E-state index contributed by atoms with van der Waals surface area (Å²) in [6.07, 6.45) is 2.19. The van der Waals surface area contributed by atoms with E-state index in [0.29, 0.717) is 6.42 Å². The molecular formula is C13H23FN2O2. The first kappa shape index (κ1) is 14.9. The van der Waals surface area contributed by atoms with Gasteiger partial charge in [-0.3, -0.25) is 9.59 Å². The van der Waals surface area contributed by atoms with Crippen molar-refractivity contribution < 1.29 is 14.0 Å². The molecular weight excluding hydrogens is 235 g/mol. The van der Waals surface area contributed by atoms with E-state index in [9.17, 15) is 14.0 Å². The van der Waals surface area contributed by atoms with E-state index in [1.165, 1.54) is 4.90 Å². The minimum atomic E-state index is -0.605. The van der Waals surface area contributed by atoms with Crippen molar-refractivity contribution in [2.75, 3.05) is 13.2 Å². The quantitative estimate of drug-likeness (QED) is 0.785. The number of nitrogens with zero attached hydrogens (tertiary/aromatic N) is 1. The molecule has 0 aromatic rings. The number of nitrogens with one attached hydrogen (secondary N) is 1. The van der Waals surface area contributed by atoms with Crippen LogP contribution in [0.25, 0.3) is 0 Å².